The van der Waals surface area contributed by atoms with E-state index in [-0.39, 0.29) is 18.4 Å². The van der Waals surface area contributed by atoms with Crippen LogP contribution in [0.5, 0.6) is 0 Å². The third-order valence-electron chi connectivity index (χ3n) is 3.69. The summed E-state index contributed by atoms with van der Waals surface area (Å²) in [6.07, 6.45) is 1.79. The number of amides is 2. The molecule has 25 heavy (non-hydrogen) atoms. The Morgan fingerprint density at radius 1 is 1.16 bits per heavy atom. The Labute approximate surface area is 155 Å². The molecule has 1 heterocycles. The van der Waals surface area contributed by atoms with Crippen molar-refractivity contribution in [2.75, 3.05) is 11.9 Å². The van der Waals surface area contributed by atoms with Crippen LogP contribution in [0.25, 0.3) is 6.08 Å². The van der Waals surface area contributed by atoms with Gasteiger partial charge >= 0.3 is 0 Å². The molecule has 1 saturated heterocycles. The number of benzene rings is 2. The van der Waals surface area contributed by atoms with Gasteiger partial charge in [0.1, 0.15) is 10.9 Å². The van der Waals surface area contributed by atoms with Crippen LogP contribution in [0.15, 0.2) is 59.5 Å². The second kappa shape index (κ2) is 7.63. The Morgan fingerprint density at radius 2 is 1.84 bits per heavy atom. The second-order valence-electron chi connectivity index (χ2n) is 5.54. The van der Waals surface area contributed by atoms with Crippen LogP contribution < -0.4 is 5.32 Å². The van der Waals surface area contributed by atoms with Gasteiger partial charge in [-0.3, -0.25) is 14.5 Å². The van der Waals surface area contributed by atoms with Gasteiger partial charge in [-0.25, -0.2) is 0 Å². The van der Waals surface area contributed by atoms with E-state index < -0.39 is 0 Å². The minimum atomic E-state index is -0.272. The molecule has 1 fully saturated rings. The van der Waals surface area contributed by atoms with Crippen molar-refractivity contribution < 1.29 is 9.59 Å². The highest BCUT2D eigenvalue weighted by Crippen LogP contribution is 2.32. The van der Waals surface area contributed by atoms with E-state index in [1.165, 1.54) is 16.7 Å². The Hall–Kier alpha value is -2.44. The van der Waals surface area contributed by atoms with Crippen LogP contribution in [0.4, 0.5) is 5.69 Å². The number of nitrogens with one attached hydrogen (secondary N) is 1. The van der Waals surface area contributed by atoms with Crippen LogP contribution in [-0.2, 0) is 9.59 Å². The molecule has 1 aliphatic rings. The van der Waals surface area contributed by atoms with Crippen molar-refractivity contribution >= 4 is 51.9 Å². The Bertz CT molecular complexity index is 863. The fourth-order valence-corrected chi connectivity index (χ4v) is 3.64. The molecule has 1 N–H and O–H groups in total. The molecule has 0 aromatic heterocycles. The van der Waals surface area contributed by atoms with Gasteiger partial charge in [0.15, 0.2) is 0 Å². The van der Waals surface area contributed by atoms with Crippen molar-refractivity contribution in [3.8, 4) is 0 Å². The van der Waals surface area contributed by atoms with Gasteiger partial charge in [-0.05, 0) is 30.2 Å². The second-order valence-corrected chi connectivity index (χ2v) is 7.22. The van der Waals surface area contributed by atoms with Gasteiger partial charge in [0.2, 0.25) is 5.91 Å². The first kappa shape index (κ1) is 17.4. The molecule has 0 unspecified atom stereocenters. The molecule has 0 bridgehead atoms. The Balaban J connectivity index is 1.70. The number of thiocarbonyl (C=S) groups is 1. The van der Waals surface area contributed by atoms with Crippen molar-refractivity contribution in [2.45, 2.75) is 6.92 Å². The standard InChI is InChI=1S/C19H16N2O2S2/c1-13-7-5-6-10-15(13)20-17(22)12-21-18(23)16(25-19(21)24)11-14-8-3-2-4-9-14/h2-11H,12H2,1H3,(H,20,22)/b16-11-. The maximum Gasteiger partial charge on any atom is 0.266 e. The molecule has 126 valence electrons. The molecule has 6 heteroatoms. The van der Waals surface area contributed by atoms with Gasteiger partial charge in [0.05, 0.1) is 4.91 Å². The molecule has 0 radical (unpaired) electrons. The minimum absolute atomic E-state index is 0.0921. The summed E-state index contributed by atoms with van der Waals surface area (Å²) in [6, 6.07) is 17.1. The van der Waals surface area contributed by atoms with Gasteiger partial charge < -0.3 is 5.32 Å². The lowest BCUT2D eigenvalue weighted by Gasteiger charge is -2.15. The molecule has 0 spiro atoms. The lowest BCUT2D eigenvalue weighted by Crippen LogP contribution is -2.36. The van der Waals surface area contributed by atoms with Gasteiger partial charge in [-0.15, -0.1) is 0 Å². The van der Waals surface area contributed by atoms with Crippen LogP contribution in [0.2, 0.25) is 0 Å². The Kier molecular flexibility index (Phi) is 5.31. The van der Waals surface area contributed by atoms with Gasteiger partial charge in [0.25, 0.3) is 5.91 Å². The Morgan fingerprint density at radius 3 is 2.56 bits per heavy atom. The number of thioether (sulfide) groups is 1. The summed E-state index contributed by atoms with van der Waals surface area (Å²) in [6.45, 7) is 1.82. The fraction of sp³-hybridized carbons (Fsp3) is 0.105. The van der Waals surface area contributed by atoms with Crippen molar-refractivity contribution in [1.29, 1.82) is 0 Å². The number of anilines is 1. The number of carbonyl (C=O) groups is 2. The van der Waals surface area contributed by atoms with Crippen LogP contribution in [0.1, 0.15) is 11.1 Å². The number of aryl methyl sites for hydroxylation is 1. The number of para-hydroxylation sites is 1. The number of hydrogen-bond acceptors (Lipinski definition) is 4. The van der Waals surface area contributed by atoms with Crippen molar-refractivity contribution in [3.63, 3.8) is 0 Å². The van der Waals surface area contributed by atoms with Crippen LogP contribution in [0.3, 0.4) is 0 Å². The smallest absolute Gasteiger partial charge is 0.266 e. The summed E-state index contributed by atoms with van der Waals surface area (Å²) >= 11 is 6.48. The molecule has 4 nitrogen and oxygen atoms in total. The molecule has 2 aromatic carbocycles. The van der Waals surface area contributed by atoms with Crippen molar-refractivity contribution in [1.82, 2.24) is 4.90 Å². The lowest BCUT2D eigenvalue weighted by atomic mass is 10.2. The highest BCUT2D eigenvalue weighted by Gasteiger charge is 2.33. The number of carbonyl (C=O) groups excluding carboxylic acids is 2. The molecular formula is C19H16N2O2S2. The maximum atomic E-state index is 12.5. The molecule has 1 aliphatic heterocycles. The third-order valence-corrected chi connectivity index (χ3v) is 5.07. The monoisotopic (exact) mass is 368 g/mol. The van der Waals surface area contributed by atoms with E-state index in [1.54, 1.807) is 6.08 Å². The topological polar surface area (TPSA) is 49.4 Å². The zero-order valence-electron chi connectivity index (χ0n) is 13.6. The lowest BCUT2D eigenvalue weighted by molar-refractivity contribution is -0.126. The molecule has 0 aliphatic carbocycles. The molecule has 2 amide bonds. The fourth-order valence-electron chi connectivity index (χ4n) is 2.38. The molecule has 0 saturated carbocycles. The zero-order chi connectivity index (χ0) is 17.8. The van der Waals surface area contributed by atoms with E-state index in [0.717, 1.165) is 16.8 Å². The summed E-state index contributed by atoms with van der Waals surface area (Å²) in [5.41, 5.74) is 2.62. The van der Waals surface area contributed by atoms with E-state index >= 15 is 0 Å². The molecule has 0 atom stereocenters. The van der Waals surface area contributed by atoms with E-state index in [0.29, 0.717) is 9.23 Å². The summed E-state index contributed by atoms with van der Waals surface area (Å²) < 4.78 is 0.395. The van der Waals surface area contributed by atoms with Crippen LogP contribution in [0, 0.1) is 6.92 Å². The van der Waals surface area contributed by atoms with Crippen molar-refractivity contribution in [2.24, 2.45) is 0 Å². The van der Waals surface area contributed by atoms with Crippen molar-refractivity contribution in [3.05, 3.63) is 70.6 Å². The quantitative estimate of drug-likeness (QED) is 0.658. The number of rotatable bonds is 4. The molecule has 2 aromatic rings. The van der Waals surface area contributed by atoms with Crippen LogP contribution in [-0.4, -0.2) is 27.6 Å². The predicted octanol–water partition coefficient (Wildman–Crippen LogP) is 3.83. The highest BCUT2D eigenvalue weighted by molar-refractivity contribution is 8.26. The maximum absolute atomic E-state index is 12.5. The largest absolute Gasteiger partial charge is 0.324 e. The number of nitrogens with zero attached hydrogens (tertiary/aromatic N) is 1. The first-order valence-electron chi connectivity index (χ1n) is 7.70. The molecular weight excluding hydrogens is 352 g/mol. The average Bonchev–Trinajstić information content (AvgIpc) is 2.85. The normalized spacial score (nSPS) is 15.7. The third kappa shape index (κ3) is 4.15. The average molecular weight is 368 g/mol. The zero-order valence-corrected chi connectivity index (χ0v) is 15.2. The van der Waals surface area contributed by atoms with Gasteiger partial charge in [0, 0.05) is 5.69 Å². The van der Waals surface area contributed by atoms with Gasteiger partial charge in [-0.2, -0.15) is 0 Å². The summed E-state index contributed by atoms with van der Waals surface area (Å²) in [5, 5.41) is 2.82. The first-order chi connectivity index (χ1) is 12.0. The van der Waals surface area contributed by atoms with E-state index in [4.69, 9.17) is 12.2 Å². The van der Waals surface area contributed by atoms with Crippen LogP contribution >= 0.6 is 24.0 Å². The van der Waals surface area contributed by atoms with E-state index in [2.05, 4.69) is 5.32 Å². The van der Waals surface area contributed by atoms with E-state index in [9.17, 15) is 9.59 Å². The molecule has 3 rings (SSSR count). The summed E-state index contributed by atoms with van der Waals surface area (Å²) in [4.78, 5) is 26.7. The van der Waals surface area contributed by atoms with Gasteiger partial charge in [-0.1, -0.05) is 72.5 Å². The first-order valence-corrected chi connectivity index (χ1v) is 8.93. The minimum Gasteiger partial charge on any atom is -0.324 e. The summed E-state index contributed by atoms with van der Waals surface area (Å²) in [7, 11) is 0. The number of hydrogen-bond donors (Lipinski definition) is 1. The predicted molar refractivity (Wildman–Crippen MR) is 106 cm³/mol. The highest BCUT2D eigenvalue weighted by atomic mass is 32.2. The SMILES string of the molecule is Cc1ccccc1NC(=O)CN1C(=O)/C(=C/c2ccccc2)SC1=S. The summed E-state index contributed by atoms with van der Waals surface area (Å²) in [5.74, 6) is -0.509. The van der Waals surface area contributed by atoms with E-state index in [1.807, 2.05) is 61.5 Å².